The lowest BCUT2D eigenvalue weighted by atomic mass is 9.96. The number of unbranched alkanes of at least 4 members (excludes halogenated alkanes) is 15. The van der Waals surface area contributed by atoms with Crippen LogP contribution < -0.4 is 10.3 Å². The third-order valence-electron chi connectivity index (χ3n) is 12.4. The summed E-state index contributed by atoms with van der Waals surface area (Å²) >= 11 is 6.47. The molecule has 382 valence electrons. The fourth-order valence-electron chi connectivity index (χ4n) is 8.87. The number of aromatic nitrogens is 3. The van der Waals surface area contributed by atoms with Crippen LogP contribution in [-0.4, -0.2) is 63.7 Å². The van der Waals surface area contributed by atoms with Gasteiger partial charge in [0.15, 0.2) is 11.6 Å². The molecule has 14 nitrogen and oxygen atoms in total. The number of nitrogen functional groups attached to an aromatic ring is 1. The van der Waals surface area contributed by atoms with Gasteiger partial charge in [0.1, 0.15) is 54.4 Å². The number of para-hydroxylation sites is 1. The number of phosphoric acid groups is 1. The fraction of sp³-hybridized carbons (Fsp3) is 0.600. The molecular weight excluding hydrogens is 955 g/mol. The summed E-state index contributed by atoms with van der Waals surface area (Å²) in [6.45, 7) is 2.38. The highest BCUT2D eigenvalue weighted by molar-refractivity contribution is 7.49. The molecule has 2 aromatic carbocycles. The minimum atomic E-state index is -4.69. The Bertz CT molecular complexity index is 2430. The summed E-state index contributed by atoms with van der Waals surface area (Å²) in [5.74, 6) is -1.50. The second-order valence-corrected chi connectivity index (χ2v) is 20.5. The Kier molecular flexibility index (Phi) is 20.3. The van der Waals surface area contributed by atoms with Gasteiger partial charge in [-0.2, -0.15) is 28.8 Å². The maximum absolute atomic E-state index is 14.9. The van der Waals surface area contributed by atoms with Crippen LogP contribution in [0.1, 0.15) is 152 Å². The van der Waals surface area contributed by atoms with Crippen LogP contribution in [-0.2, 0) is 39.2 Å². The molecule has 0 radical (unpaired) electrons. The number of hydrogen-bond acceptors (Lipinski definition) is 13. The Labute approximate surface area is 412 Å². The van der Waals surface area contributed by atoms with Gasteiger partial charge < -0.3 is 29.2 Å². The van der Waals surface area contributed by atoms with Crippen LogP contribution in [0.4, 0.5) is 23.4 Å². The van der Waals surface area contributed by atoms with Gasteiger partial charge in [-0.1, -0.05) is 120 Å². The molecule has 1 unspecified atom stereocenters. The molecule has 2 aliphatic rings. The molecule has 6 rings (SSSR count). The highest BCUT2D eigenvalue weighted by Crippen LogP contribution is 2.55. The maximum atomic E-state index is 14.9. The predicted octanol–water partition coefficient (Wildman–Crippen LogP) is 13.2. The Hall–Kier alpha value is -4.36. The largest absolute Gasteiger partial charge is 0.530 e. The zero-order valence-electron chi connectivity index (χ0n) is 39.8. The van der Waals surface area contributed by atoms with Crippen LogP contribution in [0.2, 0.25) is 5.02 Å². The molecular formula is C50H64ClF4N6O8P. The summed E-state index contributed by atoms with van der Waals surface area (Å²) in [5.41, 5.74) is 5.79. The first kappa shape index (κ1) is 55.0. The van der Waals surface area contributed by atoms with E-state index in [0.29, 0.717) is 29.6 Å². The van der Waals surface area contributed by atoms with Crippen molar-refractivity contribution in [1.82, 2.24) is 14.6 Å². The molecule has 2 aromatic heterocycles. The van der Waals surface area contributed by atoms with Gasteiger partial charge in [0, 0.05) is 6.42 Å². The van der Waals surface area contributed by atoms with E-state index in [1.807, 2.05) is 6.07 Å². The van der Waals surface area contributed by atoms with Gasteiger partial charge >= 0.3 is 14.0 Å². The zero-order chi connectivity index (χ0) is 50.2. The van der Waals surface area contributed by atoms with Gasteiger partial charge in [0.25, 0.3) is 0 Å². The summed E-state index contributed by atoms with van der Waals surface area (Å²) in [7, 11) is -4.69. The number of anilines is 1. The average Bonchev–Trinajstić information content (AvgIpc) is 3.99. The SMILES string of the molecule is CC1(C)O[C@H]2[C@H](c3ccc4c(N)ncnn34)O[C@](C#N)(COP(=O)(OC[C@@H](CCCCCCCCCCCCCCCCCCC(F)(F)F)OCc3cc(F)cc(C#N)c3)Oc3ccccc3Cl)[C@H]2O1. The molecule has 0 aliphatic carbocycles. The lowest BCUT2D eigenvalue weighted by Crippen LogP contribution is -2.46. The van der Waals surface area contributed by atoms with Gasteiger partial charge in [-0.25, -0.2) is 18.5 Å². The fourth-order valence-corrected chi connectivity index (χ4v) is 10.4. The number of nitrogens with zero attached hydrogens (tertiary/aromatic N) is 5. The monoisotopic (exact) mass is 1020 g/mol. The molecule has 70 heavy (non-hydrogen) atoms. The molecule has 2 aliphatic heterocycles. The molecule has 0 amide bonds. The molecule has 20 heteroatoms. The van der Waals surface area contributed by atoms with Crippen LogP contribution in [0, 0.1) is 28.5 Å². The van der Waals surface area contributed by atoms with E-state index in [-0.39, 0.29) is 41.8 Å². The first-order valence-corrected chi connectivity index (χ1v) is 26.1. The van der Waals surface area contributed by atoms with Crippen LogP contribution in [0.3, 0.4) is 0 Å². The number of benzene rings is 2. The number of fused-ring (bicyclic) bond motifs is 2. The Balaban J connectivity index is 1.05. The van der Waals surface area contributed by atoms with E-state index >= 15 is 0 Å². The quantitative estimate of drug-likeness (QED) is 0.0296. The van der Waals surface area contributed by atoms with Crippen LogP contribution in [0.15, 0.2) is 60.9 Å². The van der Waals surface area contributed by atoms with Crippen LogP contribution >= 0.6 is 19.4 Å². The van der Waals surface area contributed by atoms with E-state index in [1.165, 1.54) is 37.4 Å². The van der Waals surface area contributed by atoms with Gasteiger partial charge in [-0.3, -0.25) is 9.05 Å². The van der Waals surface area contributed by atoms with E-state index in [9.17, 15) is 32.7 Å². The molecule has 2 fully saturated rings. The third-order valence-corrected chi connectivity index (χ3v) is 14.1. The minimum Gasteiger partial charge on any atom is -0.402 e. The summed E-state index contributed by atoms with van der Waals surface area (Å²) in [5, 5.41) is 24.8. The maximum Gasteiger partial charge on any atom is 0.530 e. The summed E-state index contributed by atoms with van der Waals surface area (Å²) in [6.07, 6.45) is 9.03. The Morgan fingerprint density at radius 1 is 0.871 bits per heavy atom. The Morgan fingerprint density at radius 2 is 1.51 bits per heavy atom. The van der Waals surface area contributed by atoms with E-state index in [1.54, 1.807) is 48.7 Å². The smallest absolute Gasteiger partial charge is 0.402 e. The summed E-state index contributed by atoms with van der Waals surface area (Å²) < 4.78 is 111. The molecule has 2 saturated heterocycles. The predicted molar refractivity (Wildman–Crippen MR) is 254 cm³/mol. The van der Waals surface area contributed by atoms with Crippen molar-refractivity contribution in [2.75, 3.05) is 18.9 Å². The molecule has 0 spiro atoms. The van der Waals surface area contributed by atoms with Crippen molar-refractivity contribution < 1.29 is 54.6 Å². The topological polar surface area (TPSA) is 185 Å². The van der Waals surface area contributed by atoms with Gasteiger partial charge in [0.05, 0.1) is 41.7 Å². The standard InChI is InChI=1S/C50H64ClF4N6O8P/c1-48(2)66-45-44(41-24-25-42-47(58)59-35-60-61(41)42)67-49(33-57,46(45)68-48)34-65-70(62,69-43-23-19-18-22-40(43)51)64-32-39(63-31-37-27-36(30-56)28-38(52)29-37)21-17-15-13-11-9-7-5-3-4-6-8-10-12-14-16-20-26-50(53,54)55/h18-19,22-25,27-29,35,39,44-46H,3-17,20-21,26,31-32,34H2,1-2H3,(H2,58,59,60)/t39-,44+,45+,46+,49-,70?/m1/s1. The molecule has 2 N–H and O–H groups in total. The number of hydrogen-bond donors (Lipinski definition) is 1. The van der Waals surface area contributed by atoms with E-state index < -0.39 is 68.6 Å². The van der Waals surface area contributed by atoms with Crippen LogP contribution in [0.5, 0.6) is 5.75 Å². The van der Waals surface area contributed by atoms with E-state index in [4.69, 9.17) is 49.9 Å². The van der Waals surface area contributed by atoms with E-state index in [0.717, 1.165) is 83.1 Å². The lowest BCUT2D eigenvalue weighted by molar-refractivity contribution is -0.204. The molecule has 4 heterocycles. The summed E-state index contributed by atoms with van der Waals surface area (Å²) in [6, 6.07) is 17.9. The second-order valence-electron chi connectivity index (χ2n) is 18.5. The highest BCUT2D eigenvalue weighted by Gasteiger charge is 2.65. The number of halogens is 5. The second kappa shape index (κ2) is 25.8. The van der Waals surface area contributed by atoms with Gasteiger partial charge in [0.2, 0.25) is 5.60 Å². The number of phosphoric ester groups is 1. The molecule has 0 bridgehead atoms. The van der Waals surface area contributed by atoms with Crippen molar-refractivity contribution in [1.29, 1.82) is 10.5 Å². The number of alkyl halides is 3. The lowest BCUT2D eigenvalue weighted by Gasteiger charge is -2.30. The van der Waals surface area contributed by atoms with Crippen molar-refractivity contribution in [3.63, 3.8) is 0 Å². The first-order valence-electron chi connectivity index (χ1n) is 24.3. The molecule has 4 aromatic rings. The van der Waals surface area contributed by atoms with Crippen LogP contribution in [0.25, 0.3) is 5.52 Å². The summed E-state index contributed by atoms with van der Waals surface area (Å²) in [4.78, 5) is 4.06. The van der Waals surface area contributed by atoms with Crippen molar-refractivity contribution >= 4 is 30.8 Å². The van der Waals surface area contributed by atoms with Crippen molar-refractivity contribution in [2.24, 2.45) is 0 Å². The highest BCUT2D eigenvalue weighted by atomic mass is 35.5. The zero-order valence-corrected chi connectivity index (χ0v) is 41.5. The Morgan fingerprint density at radius 3 is 2.14 bits per heavy atom. The van der Waals surface area contributed by atoms with Gasteiger partial charge in [-0.15, -0.1) is 0 Å². The number of ether oxygens (including phenoxy) is 4. The third kappa shape index (κ3) is 16.1. The minimum absolute atomic E-state index is 0.00418. The van der Waals surface area contributed by atoms with E-state index in [2.05, 4.69) is 16.2 Å². The normalized spacial score (nSPS) is 21.0. The van der Waals surface area contributed by atoms with Gasteiger partial charge in [-0.05, 0) is 74.7 Å². The number of nitrogens with two attached hydrogens (primary N) is 1. The van der Waals surface area contributed by atoms with Crippen molar-refractivity contribution in [2.45, 2.75) is 178 Å². The van der Waals surface area contributed by atoms with Crippen molar-refractivity contribution in [3.05, 3.63) is 88.6 Å². The molecule has 0 saturated carbocycles. The number of nitriles is 2. The first-order chi connectivity index (χ1) is 33.5. The average molecular weight is 1020 g/mol. The van der Waals surface area contributed by atoms with Crippen molar-refractivity contribution in [3.8, 4) is 17.9 Å². The molecule has 6 atom stereocenters. The number of rotatable bonds is 30.